The number of phosphoric acid groups is 3. The summed E-state index contributed by atoms with van der Waals surface area (Å²) in [6.45, 7) is -1.16. The minimum Gasteiger partial charge on any atom is -0.394 e. The molecule has 2 saturated heterocycles. The summed E-state index contributed by atoms with van der Waals surface area (Å²) in [5, 5.41) is 53.3. The van der Waals surface area contributed by atoms with E-state index in [4.69, 9.17) is 40.2 Å². The first-order valence-corrected chi connectivity index (χ1v) is 25.4. The van der Waals surface area contributed by atoms with Crippen molar-refractivity contribution in [2.24, 2.45) is 0 Å². The van der Waals surface area contributed by atoms with Crippen molar-refractivity contribution in [2.45, 2.75) is 76.1 Å². The first-order chi connectivity index (χ1) is 34.0. The molecule has 2 fully saturated rings. The second-order valence-corrected chi connectivity index (χ2v) is 20.1. The number of nitro benzene ring substituents is 2. The molecule has 0 saturated carbocycles. The molecule has 2 aliphatic rings. The van der Waals surface area contributed by atoms with Gasteiger partial charge in [0.25, 0.3) is 11.4 Å². The van der Waals surface area contributed by atoms with Crippen molar-refractivity contribution in [1.82, 2.24) is 29.1 Å². The molecule has 8 atom stereocenters. The predicted octanol–water partition coefficient (Wildman–Crippen LogP) is 2.91. The Morgan fingerprint density at radius 2 is 1.08 bits per heavy atom. The summed E-state index contributed by atoms with van der Waals surface area (Å²) >= 11 is 0. The number of rotatable bonds is 20. The highest BCUT2D eigenvalue weighted by Gasteiger charge is 2.43. The Labute approximate surface area is 404 Å². The molecule has 4 aromatic heterocycles. The summed E-state index contributed by atoms with van der Waals surface area (Å²) in [4.78, 5) is 74.1. The largest absolute Gasteiger partial charge is 0.490 e. The van der Waals surface area contributed by atoms with Gasteiger partial charge in [0.2, 0.25) is 0 Å². The maximum atomic E-state index is 12.0. The van der Waals surface area contributed by atoms with Crippen molar-refractivity contribution in [3.63, 3.8) is 0 Å². The Morgan fingerprint density at radius 3 is 1.51 bits per heavy atom. The number of nitrogen functional groups attached to an aromatic ring is 2. The normalized spacial score (nSPS) is 21.8. The number of fused-ring (bicyclic) bond motifs is 2. The molecule has 0 radical (unpaired) electrons. The van der Waals surface area contributed by atoms with Gasteiger partial charge in [0.05, 0.1) is 83.6 Å². The van der Waals surface area contributed by atoms with Crippen LogP contribution >= 0.6 is 23.5 Å². The average molecular weight is 1070 g/mol. The van der Waals surface area contributed by atoms with Gasteiger partial charge in [-0.05, 0) is 12.1 Å². The van der Waals surface area contributed by atoms with Crippen molar-refractivity contribution in [3.05, 3.63) is 116 Å². The van der Waals surface area contributed by atoms with Crippen LogP contribution < -0.4 is 11.5 Å². The van der Waals surface area contributed by atoms with Crippen LogP contribution in [0.4, 0.5) is 23.0 Å². The third kappa shape index (κ3) is 13.1. The maximum Gasteiger partial charge on any atom is 0.490 e. The van der Waals surface area contributed by atoms with Gasteiger partial charge >= 0.3 is 23.5 Å². The highest BCUT2D eigenvalue weighted by Crippen LogP contribution is 2.66. The van der Waals surface area contributed by atoms with Gasteiger partial charge in [-0.2, -0.15) is 8.62 Å². The lowest BCUT2D eigenvalue weighted by Crippen LogP contribution is -2.26. The lowest BCUT2D eigenvalue weighted by Gasteiger charge is -2.19. The third-order valence-electron chi connectivity index (χ3n) is 10.9. The van der Waals surface area contributed by atoms with E-state index < -0.39 is 76.8 Å². The van der Waals surface area contributed by atoms with E-state index in [0.29, 0.717) is 38.7 Å². The summed E-state index contributed by atoms with van der Waals surface area (Å²) in [6, 6.07) is 12.4. The van der Waals surface area contributed by atoms with E-state index in [2.05, 4.69) is 33.1 Å². The average Bonchev–Trinajstić information content (AvgIpc) is 4.08. The van der Waals surface area contributed by atoms with E-state index >= 15 is 0 Å². The Bertz CT molecular complexity index is 3090. The van der Waals surface area contributed by atoms with Crippen LogP contribution in [0.1, 0.15) is 47.6 Å². The van der Waals surface area contributed by atoms with E-state index in [1.54, 1.807) is 47.3 Å². The van der Waals surface area contributed by atoms with Crippen molar-refractivity contribution in [3.8, 4) is 0 Å². The molecule has 31 nitrogen and oxygen atoms in total. The molecule has 6 aromatic rings. The number of nitrogens with zero attached hydrogens (tertiary/aromatic N) is 8. The number of ether oxygens (including phenoxy) is 4. The van der Waals surface area contributed by atoms with Gasteiger partial charge < -0.3 is 74.4 Å². The lowest BCUT2D eigenvalue weighted by molar-refractivity contribution is -0.386. The third-order valence-corrected chi connectivity index (χ3v) is 14.7. The van der Waals surface area contributed by atoms with Crippen LogP contribution in [-0.2, 0) is 72.2 Å². The summed E-state index contributed by atoms with van der Waals surface area (Å²) < 4.78 is 72.3. The van der Waals surface area contributed by atoms with Gasteiger partial charge in [-0.15, -0.1) is 0 Å². The number of aliphatic hydroxyl groups excluding tert-OH is 3. The molecule has 2 aromatic carbocycles. The summed E-state index contributed by atoms with van der Waals surface area (Å²) in [5.41, 5.74) is 14.8. The number of nitro groups is 2. The molecule has 0 spiro atoms. The molecule has 11 N–H and O–H groups in total. The molecule has 4 unspecified atom stereocenters. The zero-order valence-corrected chi connectivity index (χ0v) is 39.7. The number of nitrogens with two attached hydrogens (primary N) is 2. The van der Waals surface area contributed by atoms with Gasteiger partial charge in [0, 0.05) is 48.5 Å². The zero-order chi connectivity index (χ0) is 52.1. The number of aliphatic hydroxyl groups is 3. The molecule has 8 rings (SSSR count). The van der Waals surface area contributed by atoms with Crippen LogP contribution in [0.3, 0.4) is 0 Å². The Balaban J connectivity index is 0.000000223. The highest BCUT2D eigenvalue weighted by atomic mass is 31.3. The van der Waals surface area contributed by atoms with E-state index in [0.717, 1.165) is 0 Å². The minimum atomic E-state index is -5.72. The quantitative estimate of drug-likeness (QED) is 0.0301. The van der Waals surface area contributed by atoms with Crippen LogP contribution in [0, 0.1) is 20.2 Å². The fourth-order valence-corrected chi connectivity index (χ4v) is 10.8. The molecule has 388 valence electrons. The molecule has 72 heavy (non-hydrogen) atoms. The summed E-state index contributed by atoms with van der Waals surface area (Å²) in [5.74, 6) is 0.353. The van der Waals surface area contributed by atoms with E-state index in [-0.39, 0.29) is 74.5 Å². The first-order valence-electron chi connectivity index (χ1n) is 20.9. The second kappa shape index (κ2) is 22.5. The molecule has 34 heteroatoms. The molecule has 0 amide bonds. The van der Waals surface area contributed by atoms with Crippen LogP contribution in [0.5, 0.6) is 0 Å². The Hall–Kier alpha value is -5.79. The van der Waals surface area contributed by atoms with E-state index in [1.807, 2.05) is 0 Å². The molecule has 0 aliphatic carbocycles. The summed E-state index contributed by atoms with van der Waals surface area (Å²) in [6.07, 6.45) is 0.513. The fraction of sp³-hybridized carbons (Fsp3) is 0.368. The zero-order valence-electron chi connectivity index (χ0n) is 37.0. The van der Waals surface area contributed by atoms with Gasteiger partial charge in [0.1, 0.15) is 60.2 Å². The highest BCUT2D eigenvalue weighted by molar-refractivity contribution is 7.66. The van der Waals surface area contributed by atoms with Gasteiger partial charge in [-0.3, -0.25) is 24.8 Å². The molecule has 6 heterocycles. The van der Waals surface area contributed by atoms with Crippen LogP contribution in [-0.4, -0.2) is 111 Å². The minimum absolute atomic E-state index is 0.00818. The van der Waals surface area contributed by atoms with Gasteiger partial charge in [-0.25, -0.2) is 33.6 Å². The lowest BCUT2D eigenvalue weighted by atomic mass is 10.2. The van der Waals surface area contributed by atoms with Gasteiger partial charge in [0.15, 0.2) is 0 Å². The Morgan fingerprint density at radius 1 is 0.653 bits per heavy atom. The number of hydrogen-bond donors (Lipinski definition) is 9. The molecular weight excluding hydrogens is 1030 g/mol. The fourth-order valence-electron chi connectivity index (χ4n) is 7.75. The van der Waals surface area contributed by atoms with Crippen LogP contribution in [0.15, 0.2) is 73.6 Å². The number of hydrogen-bond acceptors (Lipinski definition) is 23. The van der Waals surface area contributed by atoms with Gasteiger partial charge in [-0.1, -0.05) is 24.3 Å². The number of benzene rings is 2. The smallest absolute Gasteiger partial charge is 0.394 e. The summed E-state index contributed by atoms with van der Waals surface area (Å²) in [7, 11) is -16.7. The van der Waals surface area contributed by atoms with E-state index in [9.17, 15) is 59.0 Å². The number of anilines is 2. The van der Waals surface area contributed by atoms with Crippen LogP contribution in [0.25, 0.3) is 22.1 Å². The standard InChI is InChI=1S/C19H24N5O15P3.C19H21N5O6/c20-18-17-12(8-35-7-11-3-1-2-4-13(11)24(26)27)6-23(19(17)22-10-21-18)16-5-14(25)15(37-16)9-36-41(31,32)39-42(33,34)38-40(28,29)30;20-18-17-12(9-29-8-11-3-1-2-4-13(11)24(27)28)6-23(19(17)22-10-21-18)16-5-14(26)15(7-25)30-16/h1-4,6,10,14-16,25H,5,7-9H2,(H,31,32)(H,33,34)(H2,20,21,22)(H2,28,29,30);1-4,6,10,14-16,25-26H,5,7-9H2,(H2,20,21,22)/t2*14?,15-,16-/m11/s1. The SMILES string of the molecule is Nc1ncnc2c1c(COCc1ccccc1[N+](=O)[O-])cn2[C@H]1CC(O)[C@@H](CO)O1.Nc1ncnc2c1c(COCc1ccccc1[N+](=O)[O-])cn2[C@H]1CC(O)[C@@H](COP(=O)(O)OP(=O)(O)OP(=O)(O)O)O1. The number of aromatic nitrogens is 6. The topological polar surface area (TPSA) is 457 Å². The Kier molecular flexibility index (Phi) is 16.9. The van der Waals surface area contributed by atoms with Crippen molar-refractivity contribution >= 4 is 68.5 Å². The number of para-hydroxylation sites is 2. The van der Waals surface area contributed by atoms with Crippen molar-refractivity contribution in [2.75, 3.05) is 24.7 Å². The van der Waals surface area contributed by atoms with Crippen molar-refractivity contribution < 1.29 is 90.5 Å². The van der Waals surface area contributed by atoms with Crippen molar-refractivity contribution in [1.29, 1.82) is 0 Å². The molecule has 0 bridgehead atoms. The predicted molar refractivity (Wildman–Crippen MR) is 243 cm³/mol. The first kappa shape index (κ1) is 54.0. The second-order valence-electron chi connectivity index (χ2n) is 15.7. The maximum absolute atomic E-state index is 12.0. The molecular formula is C38H45N10O21P3. The molecule has 2 aliphatic heterocycles. The van der Waals surface area contributed by atoms with Crippen LogP contribution in [0.2, 0.25) is 0 Å². The van der Waals surface area contributed by atoms with E-state index in [1.165, 1.54) is 35.4 Å². The number of phosphoric ester groups is 1. The monoisotopic (exact) mass is 1070 g/mol.